The molecule has 0 aliphatic carbocycles. The number of halogens is 1. The van der Waals surface area contributed by atoms with E-state index in [0.717, 1.165) is 44.7 Å². The van der Waals surface area contributed by atoms with Crippen molar-refractivity contribution in [3.63, 3.8) is 0 Å². The third kappa shape index (κ3) is 5.01. The number of methoxy groups -OCH3 is 1. The van der Waals surface area contributed by atoms with Crippen LogP contribution in [0, 0.1) is 13.8 Å². The van der Waals surface area contributed by atoms with Crippen molar-refractivity contribution < 1.29 is 19.0 Å². The highest BCUT2D eigenvalue weighted by molar-refractivity contribution is 9.08. The minimum atomic E-state index is -0.630. The Labute approximate surface area is 224 Å². The maximum absolute atomic E-state index is 13.4. The molecule has 0 saturated heterocycles. The van der Waals surface area contributed by atoms with Crippen LogP contribution < -0.4 is 5.32 Å². The van der Waals surface area contributed by atoms with Crippen LogP contribution in [0.25, 0.3) is 5.65 Å². The molecule has 0 saturated carbocycles. The molecule has 0 unspecified atom stereocenters. The van der Waals surface area contributed by atoms with Crippen LogP contribution in [0.2, 0.25) is 0 Å². The number of alkyl halides is 1. The summed E-state index contributed by atoms with van der Waals surface area (Å²) in [7, 11) is 1.64. The molecular formula is C29H30BrN3O4. The zero-order chi connectivity index (χ0) is 25.9. The number of pyridine rings is 1. The molecule has 3 heterocycles. The van der Waals surface area contributed by atoms with Crippen LogP contribution in [0.5, 0.6) is 0 Å². The number of imidazole rings is 1. The lowest BCUT2D eigenvalue weighted by molar-refractivity contribution is -0.0742. The van der Waals surface area contributed by atoms with Gasteiger partial charge in [0.15, 0.2) is 11.8 Å². The van der Waals surface area contributed by atoms with Gasteiger partial charge in [0.2, 0.25) is 0 Å². The number of anilines is 1. The van der Waals surface area contributed by atoms with Gasteiger partial charge in [-0.3, -0.25) is 0 Å². The Morgan fingerprint density at radius 2 is 1.81 bits per heavy atom. The molecule has 1 aliphatic rings. The molecule has 37 heavy (non-hydrogen) atoms. The number of hydrogen-bond donors (Lipinski definition) is 1. The number of rotatable bonds is 8. The van der Waals surface area contributed by atoms with Crippen molar-refractivity contribution in [1.82, 2.24) is 9.38 Å². The quantitative estimate of drug-likeness (QED) is 0.162. The molecular weight excluding hydrogens is 534 g/mol. The Hall–Kier alpha value is -3.20. The number of carbonyl (C=O) groups excluding carboxylic acids is 1. The lowest BCUT2D eigenvalue weighted by atomic mass is 9.88. The Balaban J connectivity index is 1.60. The molecule has 3 atom stereocenters. The minimum absolute atomic E-state index is 0.351. The predicted octanol–water partition coefficient (Wildman–Crippen LogP) is 5.94. The van der Waals surface area contributed by atoms with Gasteiger partial charge in [-0.15, -0.1) is 0 Å². The number of aryl methyl sites for hydroxylation is 2. The molecule has 192 valence electrons. The average Bonchev–Trinajstić information content (AvgIpc) is 3.23. The van der Waals surface area contributed by atoms with Crippen molar-refractivity contribution in [2.75, 3.05) is 25.6 Å². The van der Waals surface area contributed by atoms with Crippen LogP contribution in [0.1, 0.15) is 50.6 Å². The van der Waals surface area contributed by atoms with E-state index in [-0.39, 0.29) is 6.04 Å². The molecule has 8 heteroatoms. The first-order valence-electron chi connectivity index (χ1n) is 12.3. The summed E-state index contributed by atoms with van der Waals surface area (Å²) in [6.07, 6.45) is 0.845. The largest absolute Gasteiger partial charge is 0.453 e. The molecule has 5 rings (SSSR count). The first-order chi connectivity index (χ1) is 18.0. The van der Waals surface area contributed by atoms with Gasteiger partial charge in [0.1, 0.15) is 6.10 Å². The second kappa shape index (κ2) is 11.0. The molecule has 1 aliphatic heterocycles. The van der Waals surface area contributed by atoms with Gasteiger partial charge >= 0.3 is 5.97 Å². The average molecular weight is 564 g/mol. The summed E-state index contributed by atoms with van der Waals surface area (Å²) in [5.41, 5.74) is 7.20. The predicted molar refractivity (Wildman–Crippen MR) is 146 cm³/mol. The van der Waals surface area contributed by atoms with Crippen LogP contribution >= 0.6 is 15.9 Å². The van der Waals surface area contributed by atoms with Crippen LogP contribution in [0.4, 0.5) is 5.69 Å². The van der Waals surface area contributed by atoms with E-state index in [1.165, 1.54) is 0 Å². The van der Waals surface area contributed by atoms with E-state index in [9.17, 15) is 4.79 Å². The van der Waals surface area contributed by atoms with Gasteiger partial charge in [-0.2, -0.15) is 0 Å². The number of esters is 1. The van der Waals surface area contributed by atoms with Crippen molar-refractivity contribution in [2.45, 2.75) is 37.4 Å². The molecule has 0 fully saturated rings. The summed E-state index contributed by atoms with van der Waals surface area (Å²) >= 11 is 3.45. The van der Waals surface area contributed by atoms with Crippen LogP contribution in [0.3, 0.4) is 0 Å². The summed E-state index contributed by atoms with van der Waals surface area (Å²) < 4.78 is 20.0. The Morgan fingerprint density at radius 1 is 1.05 bits per heavy atom. The fourth-order valence-electron chi connectivity index (χ4n) is 4.76. The van der Waals surface area contributed by atoms with E-state index in [1.54, 1.807) is 19.2 Å². The first kappa shape index (κ1) is 25.4. The molecule has 1 N–H and O–H groups in total. The first-order valence-corrected chi connectivity index (χ1v) is 13.4. The molecule has 0 amide bonds. The minimum Gasteiger partial charge on any atom is -0.453 e. The maximum Gasteiger partial charge on any atom is 0.338 e. The number of fused-ring (bicyclic) bond motifs is 3. The molecule has 0 bridgehead atoms. The lowest BCUT2D eigenvalue weighted by Gasteiger charge is -2.40. The van der Waals surface area contributed by atoms with Crippen LogP contribution in [-0.4, -0.2) is 41.8 Å². The fraction of sp³-hybridized carbons (Fsp3) is 0.310. The Kier molecular flexibility index (Phi) is 7.60. The summed E-state index contributed by atoms with van der Waals surface area (Å²) in [5.74, 6) is -0.397. The van der Waals surface area contributed by atoms with Crippen molar-refractivity contribution >= 4 is 33.2 Å². The highest BCUT2D eigenvalue weighted by Gasteiger charge is 2.42. The summed E-state index contributed by atoms with van der Waals surface area (Å²) in [5, 5.41) is 4.38. The molecule has 4 aromatic rings. The van der Waals surface area contributed by atoms with Crippen molar-refractivity contribution in [2.24, 2.45) is 0 Å². The number of benzene rings is 2. The molecule has 7 nitrogen and oxygen atoms in total. The smallest absolute Gasteiger partial charge is 0.338 e. The third-order valence-corrected chi connectivity index (χ3v) is 7.51. The SMILES string of the molecule is COCCO[C@@H]1c2ccn3c(C)c(C)nc3c2N[C@H](c2ccccc2)[C@H]1OC(=O)c1ccc(CBr)cc1. The molecule has 0 spiro atoms. The van der Waals surface area contributed by atoms with Gasteiger partial charge in [0, 0.05) is 29.9 Å². The van der Waals surface area contributed by atoms with E-state index in [0.29, 0.717) is 18.8 Å². The zero-order valence-electron chi connectivity index (χ0n) is 21.1. The number of ether oxygens (including phenoxy) is 3. The number of carbonyl (C=O) groups is 1. The topological polar surface area (TPSA) is 74.1 Å². The highest BCUT2D eigenvalue weighted by Crippen LogP contribution is 2.44. The second-order valence-corrected chi connectivity index (χ2v) is 9.70. The molecule has 0 radical (unpaired) electrons. The van der Waals surface area contributed by atoms with Crippen LogP contribution in [-0.2, 0) is 19.5 Å². The Bertz CT molecular complexity index is 1390. The fourth-order valence-corrected chi connectivity index (χ4v) is 5.13. The van der Waals surface area contributed by atoms with Crippen molar-refractivity contribution in [1.29, 1.82) is 0 Å². The van der Waals surface area contributed by atoms with Gasteiger partial charge in [0.05, 0.1) is 36.2 Å². The van der Waals surface area contributed by atoms with Crippen molar-refractivity contribution in [3.05, 3.63) is 101 Å². The number of aromatic nitrogens is 2. The normalized spacial score (nSPS) is 18.9. The number of hydrogen-bond acceptors (Lipinski definition) is 6. The van der Waals surface area contributed by atoms with E-state index >= 15 is 0 Å². The number of nitrogens with zero attached hydrogens (tertiary/aromatic N) is 2. The summed E-state index contributed by atoms with van der Waals surface area (Å²) in [6, 6.07) is 19.1. The summed E-state index contributed by atoms with van der Waals surface area (Å²) in [4.78, 5) is 18.2. The summed E-state index contributed by atoms with van der Waals surface area (Å²) in [6.45, 7) is 4.84. The molecule has 2 aromatic carbocycles. The number of nitrogens with one attached hydrogen (secondary N) is 1. The van der Waals surface area contributed by atoms with Gasteiger partial charge < -0.3 is 23.9 Å². The molecule has 2 aromatic heterocycles. The lowest BCUT2D eigenvalue weighted by Crippen LogP contribution is -2.41. The van der Waals surface area contributed by atoms with Gasteiger partial charge in [-0.1, -0.05) is 58.4 Å². The third-order valence-electron chi connectivity index (χ3n) is 6.87. The van der Waals surface area contributed by atoms with E-state index < -0.39 is 18.2 Å². The van der Waals surface area contributed by atoms with E-state index in [2.05, 4.69) is 32.6 Å². The van der Waals surface area contributed by atoms with E-state index in [4.69, 9.17) is 19.2 Å². The second-order valence-electron chi connectivity index (χ2n) is 9.14. The van der Waals surface area contributed by atoms with Crippen molar-refractivity contribution in [3.8, 4) is 0 Å². The van der Waals surface area contributed by atoms with E-state index in [1.807, 2.05) is 61.7 Å². The Morgan fingerprint density at radius 3 is 2.51 bits per heavy atom. The zero-order valence-corrected chi connectivity index (χ0v) is 22.7. The highest BCUT2D eigenvalue weighted by atomic mass is 79.9. The standard InChI is InChI=1S/C29H30BrN3O4/c1-18-19(2)33-14-13-23-25(28(33)31-18)32-24(21-7-5-4-6-8-21)27(26(23)36-16-15-35-3)37-29(34)22-11-9-20(17-30)10-12-22/h4-14,24,26-27,32H,15-17H2,1-3H3/t24-,26-,27-/m1/s1. The monoisotopic (exact) mass is 563 g/mol. The maximum atomic E-state index is 13.4. The van der Waals surface area contributed by atoms with Gasteiger partial charge in [-0.05, 0) is 43.2 Å². The van der Waals surface area contributed by atoms with Crippen LogP contribution in [0.15, 0.2) is 66.9 Å². The van der Waals surface area contributed by atoms with Gasteiger partial charge in [0.25, 0.3) is 0 Å². The van der Waals surface area contributed by atoms with Gasteiger partial charge in [-0.25, -0.2) is 9.78 Å².